The van der Waals surface area contributed by atoms with Crippen molar-refractivity contribution in [2.75, 3.05) is 38.0 Å². The second-order valence-electron chi connectivity index (χ2n) is 5.73. The summed E-state index contributed by atoms with van der Waals surface area (Å²) in [5.74, 6) is 0.152. The van der Waals surface area contributed by atoms with Gasteiger partial charge in [0.2, 0.25) is 0 Å². The lowest BCUT2D eigenvalue weighted by molar-refractivity contribution is 0.0528. The summed E-state index contributed by atoms with van der Waals surface area (Å²) in [5.41, 5.74) is 1.87. The lowest BCUT2D eigenvalue weighted by Crippen LogP contribution is -2.53. The van der Waals surface area contributed by atoms with Gasteiger partial charge in [-0.25, -0.2) is 0 Å². The molecule has 4 nitrogen and oxygen atoms in total. The van der Waals surface area contributed by atoms with Crippen molar-refractivity contribution >= 4 is 11.6 Å². The molecule has 1 aromatic carbocycles. The summed E-state index contributed by atoms with van der Waals surface area (Å²) in [6.07, 6.45) is 1.10. The summed E-state index contributed by atoms with van der Waals surface area (Å²) in [6.45, 7) is 11.2. The Morgan fingerprint density at radius 3 is 2.52 bits per heavy atom. The monoisotopic (exact) mass is 289 g/mol. The molecular formula is C17H27N3O. The number of amides is 1. The van der Waals surface area contributed by atoms with Gasteiger partial charge in [-0.05, 0) is 44.2 Å². The minimum Gasteiger partial charge on any atom is -0.385 e. The first kappa shape index (κ1) is 15.8. The molecule has 1 unspecified atom stereocenters. The van der Waals surface area contributed by atoms with E-state index in [0.29, 0.717) is 6.04 Å². The first-order valence-electron chi connectivity index (χ1n) is 8.03. The number of hydrogen-bond donors (Lipinski definition) is 1. The Hall–Kier alpha value is -1.55. The van der Waals surface area contributed by atoms with E-state index in [4.69, 9.17) is 0 Å². The molecule has 1 heterocycles. The molecule has 1 amide bonds. The van der Waals surface area contributed by atoms with Crippen LogP contribution in [0.15, 0.2) is 24.3 Å². The molecule has 1 fully saturated rings. The third-order valence-electron chi connectivity index (χ3n) is 4.17. The van der Waals surface area contributed by atoms with Crippen LogP contribution in [-0.2, 0) is 0 Å². The van der Waals surface area contributed by atoms with E-state index in [0.717, 1.165) is 50.4 Å². The zero-order chi connectivity index (χ0) is 15.2. The fraction of sp³-hybridized carbons (Fsp3) is 0.588. The molecule has 0 bridgehead atoms. The highest BCUT2D eigenvalue weighted by atomic mass is 16.2. The molecule has 0 aliphatic carbocycles. The molecule has 1 aliphatic heterocycles. The van der Waals surface area contributed by atoms with E-state index in [9.17, 15) is 4.79 Å². The Bertz CT molecular complexity index is 458. The van der Waals surface area contributed by atoms with Gasteiger partial charge in [0.15, 0.2) is 0 Å². The third-order valence-corrected chi connectivity index (χ3v) is 4.17. The molecule has 1 saturated heterocycles. The molecule has 1 aromatic rings. The molecular weight excluding hydrogens is 262 g/mol. The number of carbonyl (C=O) groups excluding carboxylic acids is 1. The van der Waals surface area contributed by atoms with Gasteiger partial charge in [0.25, 0.3) is 5.91 Å². The molecule has 1 atom stereocenters. The van der Waals surface area contributed by atoms with Crippen molar-refractivity contribution in [2.45, 2.75) is 33.2 Å². The third kappa shape index (κ3) is 3.97. The highest BCUT2D eigenvalue weighted by Crippen LogP contribution is 2.15. The summed E-state index contributed by atoms with van der Waals surface area (Å²) in [6, 6.07) is 8.29. The number of piperazine rings is 1. The molecule has 2 rings (SSSR count). The van der Waals surface area contributed by atoms with Gasteiger partial charge in [-0.15, -0.1) is 0 Å². The Morgan fingerprint density at radius 2 is 1.95 bits per heavy atom. The van der Waals surface area contributed by atoms with Crippen LogP contribution in [0.4, 0.5) is 5.69 Å². The van der Waals surface area contributed by atoms with E-state index < -0.39 is 0 Å². The summed E-state index contributed by atoms with van der Waals surface area (Å²) in [4.78, 5) is 16.9. The first-order valence-corrected chi connectivity index (χ1v) is 8.03. The molecule has 116 valence electrons. The number of rotatable bonds is 5. The number of carbonyl (C=O) groups is 1. The summed E-state index contributed by atoms with van der Waals surface area (Å²) in [7, 11) is 0. The minimum atomic E-state index is 0.152. The van der Waals surface area contributed by atoms with Gasteiger partial charge in [-0.2, -0.15) is 0 Å². The SMILES string of the molecule is CCCNc1ccc(C(=O)N2CCN(CC)C(C)C2)cc1. The fourth-order valence-corrected chi connectivity index (χ4v) is 2.83. The predicted octanol–water partition coefficient (Wildman–Crippen LogP) is 2.67. The number of likely N-dealkylation sites (N-methyl/N-ethyl adjacent to an activating group) is 1. The van der Waals surface area contributed by atoms with E-state index in [-0.39, 0.29) is 5.91 Å². The van der Waals surface area contributed by atoms with E-state index in [1.807, 2.05) is 29.2 Å². The summed E-state index contributed by atoms with van der Waals surface area (Å²) >= 11 is 0. The highest BCUT2D eigenvalue weighted by molar-refractivity contribution is 5.94. The van der Waals surface area contributed by atoms with Crippen LogP contribution >= 0.6 is 0 Å². The van der Waals surface area contributed by atoms with E-state index >= 15 is 0 Å². The molecule has 0 saturated carbocycles. The van der Waals surface area contributed by atoms with Gasteiger partial charge in [0.05, 0.1) is 0 Å². The lowest BCUT2D eigenvalue weighted by atomic mass is 10.1. The predicted molar refractivity (Wildman–Crippen MR) is 87.8 cm³/mol. The largest absolute Gasteiger partial charge is 0.385 e. The minimum absolute atomic E-state index is 0.152. The molecule has 1 aliphatic rings. The zero-order valence-electron chi connectivity index (χ0n) is 13.4. The number of nitrogens with one attached hydrogen (secondary N) is 1. The van der Waals surface area contributed by atoms with Crippen LogP contribution in [0.3, 0.4) is 0 Å². The van der Waals surface area contributed by atoms with Gasteiger partial charge in [0.1, 0.15) is 0 Å². The average Bonchev–Trinajstić information content (AvgIpc) is 2.52. The summed E-state index contributed by atoms with van der Waals surface area (Å²) in [5, 5.41) is 3.33. The fourth-order valence-electron chi connectivity index (χ4n) is 2.83. The molecule has 1 N–H and O–H groups in total. The van der Waals surface area contributed by atoms with Gasteiger partial charge in [-0.1, -0.05) is 13.8 Å². The van der Waals surface area contributed by atoms with E-state index in [2.05, 4.69) is 31.0 Å². The molecule has 4 heteroatoms. The van der Waals surface area contributed by atoms with Crippen molar-refractivity contribution in [3.63, 3.8) is 0 Å². The highest BCUT2D eigenvalue weighted by Gasteiger charge is 2.26. The van der Waals surface area contributed by atoms with Crippen LogP contribution in [0, 0.1) is 0 Å². The maximum absolute atomic E-state index is 12.6. The molecule has 0 radical (unpaired) electrons. The topological polar surface area (TPSA) is 35.6 Å². The number of benzene rings is 1. The van der Waals surface area contributed by atoms with Gasteiger partial charge >= 0.3 is 0 Å². The van der Waals surface area contributed by atoms with Crippen molar-refractivity contribution in [3.05, 3.63) is 29.8 Å². The van der Waals surface area contributed by atoms with Crippen molar-refractivity contribution in [2.24, 2.45) is 0 Å². The lowest BCUT2D eigenvalue weighted by Gasteiger charge is -2.39. The Morgan fingerprint density at radius 1 is 1.24 bits per heavy atom. The second-order valence-corrected chi connectivity index (χ2v) is 5.73. The van der Waals surface area contributed by atoms with Crippen LogP contribution in [0.5, 0.6) is 0 Å². The Labute approximate surface area is 128 Å². The van der Waals surface area contributed by atoms with Crippen LogP contribution in [0.25, 0.3) is 0 Å². The Kier molecular flexibility index (Phi) is 5.62. The van der Waals surface area contributed by atoms with Gasteiger partial charge in [-0.3, -0.25) is 9.69 Å². The summed E-state index contributed by atoms with van der Waals surface area (Å²) < 4.78 is 0. The number of nitrogens with zero attached hydrogens (tertiary/aromatic N) is 2. The van der Waals surface area contributed by atoms with E-state index in [1.54, 1.807) is 0 Å². The average molecular weight is 289 g/mol. The number of anilines is 1. The van der Waals surface area contributed by atoms with Crippen LogP contribution in [0.1, 0.15) is 37.6 Å². The van der Waals surface area contributed by atoms with Crippen molar-refractivity contribution in [3.8, 4) is 0 Å². The zero-order valence-corrected chi connectivity index (χ0v) is 13.4. The van der Waals surface area contributed by atoms with Gasteiger partial charge in [0, 0.05) is 43.5 Å². The Balaban J connectivity index is 1.97. The smallest absolute Gasteiger partial charge is 0.253 e. The van der Waals surface area contributed by atoms with Gasteiger partial charge < -0.3 is 10.2 Å². The number of hydrogen-bond acceptors (Lipinski definition) is 3. The normalized spacial score (nSPS) is 19.6. The second kappa shape index (κ2) is 7.46. The van der Waals surface area contributed by atoms with Crippen LogP contribution < -0.4 is 5.32 Å². The molecule has 21 heavy (non-hydrogen) atoms. The van der Waals surface area contributed by atoms with Crippen LogP contribution in [-0.4, -0.2) is 54.5 Å². The van der Waals surface area contributed by atoms with Crippen molar-refractivity contribution in [1.82, 2.24) is 9.80 Å². The van der Waals surface area contributed by atoms with Crippen molar-refractivity contribution in [1.29, 1.82) is 0 Å². The van der Waals surface area contributed by atoms with Crippen LogP contribution in [0.2, 0.25) is 0 Å². The molecule has 0 aromatic heterocycles. The first-order chi connectivity index (χ1) is 10.2. The maximum Gasteiger partial charge on any atom is 0.253 e. The maximum atomic E-state index is 12.6. The standard InChI is InChI=1S/C17H27N3O/c1-4-10-18-16-8-6-15(7-9-16)17(21)20-12-11-19(5-2)14(3)13-20/h6-9,14,18H,4-5,10-13H2,1-3H3. The van der Waals surface area contributed by atoms with E-state index in [1.165, 1.54) is 0 Å². The quantitative estimate of drug-likeness (QED) is 0.905. The molecule has 0 spiro atoms. The van der Waals surface area contributed by atoms with Crippen molar-refractivity contribution < 1.29 is 4.79 Å².